The van der Waals surface area contributed by atoms with Crippen LogP contribution < -0.4 is 5.32 Å². The minimum absolute atomic E-state index is 0.0680. The van der Waals surface area contributed by atoms with Crippen LogP contribution in [0, 0.1) is 0 Å². The predicted molar refractivity (Wildman–Crippen MR) is 93.1 cm³/mol. The van der Waals surface area contributed by atoms with Crippen LogP contribution >= 0.6 is 0 Å². The van der Waals surface area contributed by atoms with Crippen LogP contribution in [0.15, 0.2) is 67.3 Å². The fourth-order valence-corrected chi connectivity index (χ4v) is 2.45. The Morgan fingerprint density at radius 3 is 2.71 bits per heavy atom. The Hall–Kier alpha value is -2.66. The van der Waals surface area contributed by atoms with E-state index in [0.717, 1.165) is 11.1 Å². The van der Waals surface area contributed by atoms with E-state index in [0.29, 0.717) is 13.2 Å². The standard InChI is InChI=1S/C19H22N2O3/c1-3-8-15(4-2)13-24-14-17-19(23)21(12-18(22)20-17)11-16-9-6-5-7-10-16/h3-10,17H,1-2,11-14H2,(H,20,22)/b15-8+/t17-/m0/s1. The number of hydrogen-bond acceptors (Lipinski definition) is 3. The molecule has 0 spiro atoms. The van der Waals surface area contributed by atoms with Gasteiger partial charge in [0.15, 0.2) is 0 Å². The van der Waals surface area contributed by atoms with Crippen molar-refractivity contribution in [3.05, 3.63) is 72.9 Å². The van der Waals surface area contributed by atoms with Crippen LogP contribution in [0.3, 0.4) is 0 Å². The summed E-state index contributed by atoms with van der Waals surface area (Å²) < 4.78 is 5.55. The van der Waals surface area contributed by atoms with E-state index < -0.39 is 6.04 Å². The second-order valence-electron chi connectivity index (χ2n) is 5.50. The van der Waals surface area contributed by atoms with E-state index in [2.05, 4.69) is 18.5 Å². The molecule has 126 valence electrons. The summed E-state index contributed by atoms with van der Waals surface area (Å²) >= 11 is 0. The second-order valence-corrected chi connectivity index (χ2v) is 5.50. The summed E-state index contributed by atoms with van der Waals surface area (Å²) in [7, 11) is 0. The SMILES string of the molecule is C=C/C=C(\C=C)COC[C@@H]1NC(=O)CN(Cc2ccccc2)C1=O. The summed E-state index contributed by atoms with van der Waals surface area (Å²) in [6.07, 6.45) is 5.11. The second kappa shape index (κ2) is 8.84. The van der Waals surface area contributed by atoms with E-state index in [1.54, 1.807) is 23.1 Å². The molecule has 1 aromatic carbocycles. The van der Waals surface area contributed by atoms with Gasteiger partial charge in [-0.25, -0.2) is 0 Å². The lowest BCUT2D eigenvalue weighted by Gasteiger charge is -2.32. The van der Waals surface area contributed by atoms with Gasteiger partial charge < -0.3 is 15.0 Å². The lowest BCUT2D eigenvalue weighted by atomic mass is 10.1. The van der Waals surface area contributed by atoms with Gasteiger partial charge in [0.05, 0.1) is 19.8 Å². The first-order chi connectivity index (χ1) is 11.6. The normalized spacial score (nSPS) is 18.2. The highest BCUT2D eigenvalue weighted by atomic mass is 16.5. The first kappa shape index (κ1) is 17.7. The molecule has 0 saturated carbocycles. The highest BCUT2D eigenvalue weighted by molar-refractivity contribution is 5.94. The topological polar surface area (TPSA) is 58.6 Å². The van der Waals surface area contributed by atoms with Crippen molar-refractivity contribution in [1.29, 1.82) is 0 Å². The van der Waals surface area contributed by atoms with E-state index in [-0.39, 0.29) is 25.0 Å². The van der Waals surface area contributed by atoms with Gasteiger partial charge in [-0.15, -0.1) is 0 Å². The summed E-state index contributed by atoms with van der Waals surface area (Å²) in [4.78, 5) is 26.0. The zero-order chi connectivity index (χ0) is 17.4. The number of rotatable bonds is 8. The molecule has 0 bridgehead atoms. The van der Waals surface area contributed by atoms with Crippen LogP contribution in [-0.2, 0) is 20.9 Å². The average molecular weight is 326 g/mol. The number of hydrogen-bond donors (Lipinski definition) is 1. The molecule has 2 rings (SSSR count). The van der Waals surface area contributed by atoms with E-state index >= 15 is 0 Å². The van der Waals surface area contributed by atoms with Crippen molar-refractivity contribution in [2.24, 2.45) is 0 Å². The van der Waals surface area contributed by atoms with Crippen LogP contribution in [0.2, 0.25) is 0 Å². The number of carbonyl (C=O) groups excluding carboxylic acids is 2. The third kappa shape index (κ3) is 4.93. The quantitative estimate of drug-likeness (QED) is 0.742. The van der Waals surface area contributed by atoms with E-state index in [1.165, 1.54) is 0 Å². The number of allylic oxidation sites excluding steroid dienone is 2. The maximum Gasteiger partial charge on any atom is 0.248 e. The molecule has 0 aliphatic carbocycles. The van der Waals surface area contributed by atoms with Crippen LogP contribution in [-0.4, -0.2) is 42.5 Å². The Labute approximate surface area is 142 Å². The van der Waals surface area contributed by atoms with Gasteiger partial charge in [0.2, 0.25) is 11.8 Å². The van der Waals surface area contributed by atoms with E-state index in [4.69, 9.17) is 4.74 Å². The molecule has 1 aromatic rings. The number of nitrogens with zero attached hydrogens (tertiary/aromatic N) is 1. The minimum Gasteiger partial charge on any atom is -0.374 e. The van der Waals surface area contributed by atoms with Crippen LogP contribution in [0.4, 0.5) is 0 Å². The zero-order valence-electron chi connectivity index (χ0n) is 13.6. The molecule has 1 N–H and O–H groups in total. The molecule has 1 fully saturated rings. The summed E-state index contributed by atoms with van der Waals surface area (Å²) in [5.74, 6) is -0.309. The van der Waals surface area contributed by atoms with Gasteiger partial charge in [0.1, 0.15) is 6.04 Å². The first-order valence-corrected chi connectivity index (χ1v) is 7.78. The number of piperazine rings is 1. The van der Waals surface area contributed by atoms with E-state index in [1.807, 2.05) is 30.3 Å². The van der Waals surface area contributed by atoms with Crippen molar-refractivity contribution < 1.29 is 14.3 Å². The van der Waals surface area contributed by atoms with Gasteiger partial charge in [-0.3, -0.25) is 9.59 Å². The zero-order valence-corrected chi connectivity index (χ0v) is 13.6. The fourth-order valence-electron chi connectivity index (χ4n) is 2.45. The number of amides is 2. The van der Waals surface area contributed by atoms with Crippen LogP contribution in [0.25, 0.3) is 0 Å². The van der Waals surface area contributed by atoms with Gasteiger partial charge in [-0.05, 0) is 11.1 Å². The molecule has 24 heavy (non-hydrogen) atoms. The van der Waals surface area contributed by atoms with Crippen molar-refractivity contribution in [3.63, 3.8) is 0 Å². The Bertz CT molecular complexity index is 637. The number of ether oxygens (including phenoxy) is 1. The van der Waals surface area contributed by atoms with Gasteiger partial charge >= 0.3 is 0 Å². The number of carbonyl (C=O) groups is 2. The van der Waals surface area contributed by atoms with Gasteiger partial charge in [0.25, 0.3) is 0 Å². The lowest BCUT2D eigenvalue weighted by molar-refractivity contribution is -0.146. The molecule has 1 saturated heterocycles. The maximum atomic E-state index is 12.5. The van der Waals surface area contributed by atoms with Crippen molar-refractivity contribution in [1.82, 2.24) is 10.2 Å². The Morgan fingerprint density at radius 2 is 2.04 bits per heavy atom. The Kier molecular flexibility index (Phi) is 6.51. The Balaban J connectivity index is 1.94. The third-order valence-corrected chi connectivity index (χ3v) is 3.64. The van der Waals surface area contributed by atoms with E-state index in [9.17, 15) is 9.59 Å². The van der Waals surface area contributed by atoms with Gasteiger partial charge in [-0.2, -0.15) is 0 Å². The molecule has 0 radical (unpaired) electrons. The van der Waals surface area contributed by atoms with Crippen LogP contribution in [0.1, 0.15) is 5.56 Å². The van der Waals surface area contributed by atoms with Crippen molar-refractivity contribution in [2.75, 3.05) is 19.8 Å². The molecule has 0 aromatic heterocycles. The van der Waals surface area contributed by atoms with Crippen LogP contribution in [0.5, 0.6) is 0 Å². The molecule has 1 aliphatic rings. The van der Waals surface area contributed by atoms with Crippen molar-refractivity contribution >= 4 is 11.8 Å². The summed E-state index contributed by atoms with van der Waals surface area (Å²) in [6, 6.07) is 8.94. The van der Waals surface area contributed by atoms with Crippen molar-refractivity contribution in [2.45, 2.75) is 12.6 Å². The number of benzene rings is 1. The monoisotopic (exact) mass is 326 g/mol. The first-order valence-electron chi connectivity index (χ1n) is 7.78. The Morgan fingerprint density at radius 1 is 1.29 bits per heavy atom. The maximum absolute atomic E-state index is 12.5. The molecule has 0 unspecified atom stereocenters. The lowest BCUT2D eigenvalue weighted by Crippen LogP contribution is -2.59. The predicted octanol–water partition coefficient (Wildman–Crippen LogP) is 1.83. The highest BCUT2D eigenvalue weighted by Gasteiger charge is 2.32. The van der Waals surface area contributed by atoms with Gasteiger partial charge in [-0.1, -0.05) is 61.7 Å². The molecular weight excluding hydrogens is 304 g/mol. The fraction of sp³-hybridized carbons (Fsp3) is 0.263. The highest BCUT2D eigenvalue weighted by Crippen LogP contribution is 2.10. The summed E-state index contributed by atoms with van der Waals surface area (Å²) in [5, 5.41) is 2.69. The molecule has 5 heteroatoms. The summed E-state index contributed by atoms with van der Waals surface area (Å²) in [5.41, 5.74) is 1.85. The largest absolute Gasteiger partial charge is 0.374 e. The molecule has 2 amide bonds. The minimum atomic E-state index is -0.662. The molecule has 1 heterocycles. The number of nitrogens with one attached hydrogen (secondary N) is 1. The van der Waals surface area contributed by atoms with Crippen molar-refractivity contribution in [3.8, 4) is 0 Å². The average Bonchev–Trinajstić information content (AvgIpc) is 2.59. The molecule has 1 aliphatic heterocycles. The third-order valence-electron chi connectivity index (χ3n) is 3.64. The molecular formula is C19H22N2O3. The summed E-state index contributed by atoms with van der Waals surface area (Å²) in [6.45, 7) is 8.23. The van der Waals surface area contributed by atoms with Gasteiger partial charge in [0, 0.05) is 6.54 Å². The molecule has 5 nitrogen and oxygen atoms in total. The molecule has 1 atom stereocenters. The smallest absolute Gasteiger partial charge is 0.248 e.